The summed E-state index contributed by atoms with van der Waals surface area (Å²) in [5.41, 5.74) is 8.96. The number of hydrogen-bond acceptors (Lipinski definition) is 3. The molecule has 0 bridgehead atoms. The average Bonchev–Trinajstić information content (AvgIpc) is 2.20. The fourth-order valence-electron chi connectivity index (χ4n) is 1.38. The number of nitrogens with two attached hydrogens (primary N) is 1. The first-order valence-corrected chi connectivity index (χ1v) is 6.64. The molecule has 0 saturated heterocycles. The van der Waals surface area contributed by atoms with Gasteiger partial charge in [-0.1, -0.05) is 6.07 Å². The second-order valence-electron chi connectivity index (χ2n) is 3.90. The Morgan fingerprint density at radius 2 is 2.20 bits per heavy atom. The van der Waals surface area contributed by atoms with Crippen molar-refractivity contribution in [3.05, 3.63) is 23.8 Å². The SMILES string of the molecule is CSCCC(C)Nc1ccc(C)c(N)c1. The molecule has 1 aromatic rings. The Hall–Kier alpha value is -0.830. The summed E-state index contributed by atoms with van der Waals surface area (Å²) in [4.78, 5) is 0. The Bertz CT molecular complexity index is 312. The fraction of sp³-hybridized carbons (Fsp3) is 0.500. The lowest BCUT2D eigenvalue weighted by atomic mass is 10.1. The van der Waals surface area contributed by atoms with Crippen LogP contribution in [-0.4, -0.2) is 18.1 Å². The van der Waals surface area contributed by atoms with E-state index in [1.54, 1.807) is 0 Å². The number of aryl methyl sites for hydroxylation is 1. The maximum atomic E-state index is 5.85. The molecule has 0 saturated carbocycles. The molecule has 1 atom stereocenters. The summed E-state index contributed by atoms with van der Waals surface area (Å²) in [6.45, 7) is 4.22. The van der Waals surface area contributed by atoms with Gasteiger partial charge >= 0.3 is 0 Å². The van der Waals surface area contributed by atoms with Crippen LogP contribution in [0.5, 0.6) is 0 Å². The normalized spacial score (nSPS) is 12.5. The maximum absolute atomic E-state index is 5.85. The summed E-state index contributed by atoms with van der Waals surface area (Å²) < 4.78 is 0. The first-order chi connectivity index (χ1) is 7.13. The summed E-state index contributed by atoms with van der Waals surface area (Å²) in [5, 5.41) is 3.45. The largest absolute Gasteiger partial charge is 0.398 e. The number of benzene rings is 1. The zero-order valence-electron chi connectivity index (χ0n) is 9.71. The van der Waals surface area contributed by atoms with Crippen molar-refractivity contribution in [2.24, 2.45) is 0 Å². The minimum absolute atomic E-state index is 0.500. The minimum atomic E-state index is 0.500. The van der Waals surface area contributed by atoms with E-state index < -0.39 is 0 Å². The summed E-state index contributed by atoms with van der Waals surface area (Å²) in [6.07, 6.45) is 3.31. The van der Waals surface area contributed by atoms with Gasteiger partial charge in [0, 0.05) is 17.4 Å². The van der Waals surface area contributed by atoms with Gasteiger partial charge in [-0.05, 0) is 50.0 Å². The van der Waals surface area contributed by atoms with Crippen LogP contribution in [0.15, 0.2) is 18.2 Å². The molecule has 0 aliphatic rings. The zero-order chi connectivity index (χ0) is 11.3. The Labute approximate surface area is 96.6 Å². The Kier molecular flexibility index (Phi) is 4.82. The third-order valence-electron chi connectivity index (χ3n) is 2.45. The van der Waals surface area contributed by atoms with Crippen molar-refractivity contribution in [1.82, 2.24) is 0 Å². The Balaban J connectivity index is 2.53. The van der Waals surface area contributed by atoms with Crippen LogP contribution in [-0.2, 0) is 0 Å². The first-order valence-electron chi connectivity index (χ1n) is 5.25. The molecule has 15 heavy (non-hydrogen) atoms. The van der Waals surface area contributed by atoms with E-state index in [1.807, 2.05) is 24.8 Å². The molecule has 0 spiro atoms. The third kappa shape index (κ3) is 4.04. The fourth-order valence-corrected chi connectivity index (χ4v) is 1.97. The molecule has 0 fully saturated rings. The second-order valence-corrected chi connectivity index (χ2v) is 4.88. The quantitative estimate of drug-likeness (QED) is 0.755. The van der Waals surface area contributed by atoms with Crippen molar-refractivity contribution >= 4 is 23.1 Å². The standard InChI is InChI=1S/C12H20N2S/c1-9-4-5-11(8-12(9)13)14-10(2)6-7-15-3/h4-5,8,10,14H,6-7,13H2,1-3H3. The van der Waals surface area contributed by atoms with Crippen molar-refractivity contribution < 1.29 is 0 Å². The van der Waals surface area contributed by atoms with Gasteiger partial charge in [-0.15, -0.1) is 0 Å². The van der Waals surface area contributed by atoms with Gasteiger partial charge in [0.05, 0.1) is 0 Å². The lowest BCUT2D eigenvalue weighted by molar-refractivity contribution is 0.772. The number of anilines is 2. The van der Waals surface area contributed by atoms with Crippen LogP contribution in [0.2, 0.25) is 0 Å². The van der Waals surface area contributed by atoms with Gasteiger partial charge in [-0.3, -0.25) is 0 Å². The predicted molar refractivity (Wildman–Crippen MR) is 71.7 cm³/mol. The molecule has 1 aromatic carbocycles. The number of thioether (sulfide) groups is 1. The highest BCUT2D eigenvalue weighted by Gasteiger charge is 2.02. The molecular weight excluding hydrogens is 204 g/mol. The molecule has 0 radical (unpaired) electrons. The molecule has 3 N–H and O–H groups in total. The molecule has 3 heteroatoms. The zero-order valence-corrected chi connectivity index (χ0v) is 10.5. The van der Waals surface area contributed by atoms with Gasteiger partial charge in [0.2, 0.25) is 0 Å². The molecule has 2 nitrogen and oxygen atoms in total. The highest BCUT2D eigenvalue weighted by atomic mass is 32.2. The van der Waals surface area contributed by atoms with Gasteiger partial charge in [0.15, 0.2) is 0 Å². The van der Waals surface area contributed by atoms with Crippen LogP contribution in [0.1, 0.15) is 18.9 Å². The van der Waals surface area contributed by atoms with Crippen LogP contribution in [0.4, 0.5) is 11.4 Å². The van der Waals surface area contributed by atoms with E-state index in [-0.39, 0.29) is 0 Å². The first kappa shape index (κ1) is 12.2. The van der Waals surface area contributed by atoms with Crippen molar-refractivity contribution in [3.8, 4) is 0 Å². The minimum Gasteiger partial charge on any atom is -0.398 e. The van der Waals surface area contributed by atoms with Gasteiger partial charge in [0.1, 0.15) is 0 Å². The second kappa shape index (κ2) is 5.91. The molecule has 0 aliphatic heterocycles. The lowest BCUT2D eigenvalue weighted by Crippen LogP contribution is -2.16. The van der Waals surface area contributed by atoms with Gasteiger partial charge in [-0.2, -0.15) is 11.8 Å². The Morgan fingerprint density at radius 3 is 2.80 bits per heavy atom. The van der Waals surface area contributed by atoms with Gasteiger partial charge in [-0.25, -0.2) is 0 Å². The van der Waals surface area contributed by atoms with E-state index in [0.717, 1.165) is 16.9 Å². The highest BCUT2D eigenvalue weighted by Crippen LogP contribution is 2.18. The molecule has 0 amide bonds. The third-order valence-corrected chi connectivity index (χ3v) is 3.09. The monoisotopic (exact) mass is 224 g/mol. The van der Waals surface area contributed by atoms with E-state index in [1.165, 1.54) is 12.2 Å². The molecule has 0 aromatic heterocycles. The maximum Gasteiger partial charge on any atom is 0.0364 e. The van der Waals surface area contributed by atoms with Crippen molar-refractivity contribution in [2.45, 2.75) is 26.3 Å². The van der Waals surface area contributed by atoms with Crippen LogP contribution in [0.3, 0.4) is 0 Å². The van der Waals surface area contributed by atoms with Gasteiger partial charge < -0.3 is 11.1 Å². The van der Waals surface area contributed by atoms with E-state index in [2.05, 4.69) is 30.6 Å². The molecule has 0 heterocycles. The summed E-state index contributed by atoms with van der Waals surface area (Å²) in [5.74, 6) is 1.19. The number of hydrogen-bond donors (Lipinski definition) is 2. The number of nitrogens with one attached hydrogen (secondary N) is 1. The molecule has 1 rings (SSSR count). The number of rotatable bonds is 5. The summed E-state index contributed by atoms with van der Waals surface area (Å²) in [7, 11) is 0. The van der Waals surface area contributed by atoms with E-state index in [4.69, 9.17) is 5.73 Å². The van der Waals surface area contributed by atoms with Crippen LogP contribution < -0.4 is 11.1 Å². The molecule has 0 aliphatic carbocycles. The van der Waals surface area contributed by atoms with E-state index in [9.17, 15) is 0 Å². The smallest absolute Gasteiger partial charge is 0.0364 e. The summed E-state index contributed by atoms with van der Waals surface area (Å²) in [6, 6.07) is 6.64. The predicted octanol–water partition coefficient (Wildman–Crippen LogP) is 3.13. The van der Waals surface area contributed by atoms with Crippen LogP contribution >= 0.6 is 11.8 Å². The van der Waals surface area contributed by atoms with Crippen molar-refractivity contribution in [3.63, 3.8) is 0 Å². The molecule has 1 unspecified atom stereocenters. The molecule has 84 valence electrons. The van der Waals surface area contributed by atoms with Gasteiger partial charge in [0.25, 0.3) is 0 Å². The number of nitrogen functional groups attached to an aromatic ring is 1. The van der Waals surface area contributed by atoms with Crippen LogP contribution in [0.25, 0.3) is 0 Å². The summed E-state index contributed by atoms with van der Waals surface area (Å²) >= 11 is 1.88. The molecular formula is C12H20N2S. The highest BCUT2D eigenvalue weighted by molar-refractivity contribution is 7.98. The lowest BCUT2D eigenvalue weighted by Gasteiger charge is -2.15. The Morgan fingerprint density at radius 1 is 1.47 bits per heavy atom. The van der Waals surface area contributed by atoms with Crippen molar-refractivity contribution in [2.75, 3.05) is 23.1 Å². The average molecular weight is 224 g/mol. The van der Waals surface area contributed by atoms with Crippen molar-refractivity contribution in [1.29, 1.82) is 0 Å². The van der Waals surface area contributed by atoms with E-state index in [0.29, 0.717) is 6.04 Å². The topological polar surface area (TPSA) is 38.0 Å². The van der Waals surface area contributed by atoms with Crippen LogP contribution in [0, 0.1) is 6.92 Å². The van der Waals surface area contributed by atoms with E-state index >= 15 is 0 Å².